The molecule has 2 aliphatic heterocycles. The first-order valence-corrected chi connectivity index (χ1v) is 19.4. The van der Waals surface area contributed by atoms with Gasteiger partial charge in [0.1, 0.15) is 12.1 Å². The van der Waals surface area contributed by atoms with Crippen molar-refractivity contribution in [3.8, 4) is 6.07 Å². The molecule has 0 spiro atoms. The van der Waals surface area contributed by atoms with Gasteiger partial charge in [-0.2, -0.15) is 5.26 Å². The fourth-order valence-electron chi connectivity index (χ4n) is 6.90. The number of alkyl halides is 2. The Morgan fingerprint density at radius 1 is 0.823 bits per heavy atom. The minimum atomic E-state index is -3.21. The zero-order chi connectivity index (χ0) is 44.7. The standard InChI is InChI=1S/C38H48F2N10O11.Cu/c39-38(40)18-25(19-41)50(23-38)33(54)20-45-36(59)26-7-8-42-28-2-1-24(17-27(26)28)46-32(53)6-5-31(52)44-10-9-43-30(51)4-3-29(37(60)61)49-15-13-47(21-34(55)56)11-12-48(14-16-49)22-35(57)58;/h1-2,7-8,17,25,29H,3-6,9-16,18,20-23H2,(H,43,51)(H,44,52)(H,45,59)(H,46,53)(H,55,56)(H,57,58)(H,60,61);/t25-,29+;/m0./s1/i;1+3. The number of aliphatic carboxylic acids is 3. The van der Waals surface area contributed by atoms with E-state index < -0.39 is 85.0 Å². The molecule has 1 aromatic carbocycles. The van der Waals surface area contributed by atoms with Crippen molar-refractivity contribution in [2.75, 3.05) is 83.9 Å². The molecule has 2 aliphatic rings. The quantitative estimate of drug-likeness (QED) is 0.0657. The van der Waals surface area contributed by atoms with Gasteiger partial charge >= 0.3 is 17.9 Å². The fourth-order valence-corrected chi connectivity index (χ4v) is 6.90. The Morgan fingerprint density at radius 2 is 1.40 bits per heavy atom. The van der Waals surface area contributed by atoms with Crippen molar-refractivity contribution in [2.24, 2.45) is 0 Å². The number of likely N-dealkylation sites (tertiary alicyclic amines) is 1. The number of nitrogens with zero attached hydrogens (tertiary/aromatic N) is 6. The van der Waals surface area contributed by atoms with E-state index in [1.54, 1.807) is 20.8 Å². The van der Waals surface area contributed by atoms with Crippen LogP contribution < -0.4 is 21.3 Å². The van der Waals surface area contributed by atoms with E-state index >= 15 is 0 Å². The van der Waals surface area contributed by atoms with E-state index in [-0.39, 0.29) is 119 Å². The van der Waals surface area contributed by atoms with Crippen molar-refractivity contribution in [1.29, 1.82) is 5.26 Å². The topological polar surface area (TPSA) is 295 Å². The number of pyridine rings is 1. The smallest absolute Gasteiger partial charge is 0.320 e. The Kier molecular flexibility index (Phi) is 19.5. The van der Waals surface area contributed by atoms with E-state index in [0.717, 1.165) is 4.90 Å². The third-order valence-corrected chi connectivity index (χ3v) is 9.99. The summed E-state index contributed by atoms with van der Waals surface area (Å²) < 4.78 is 27.5. The van der Waals surface area contributed by atoms with Gasteiger partial charge in [0.2, 0.25) is 23.6 Å². The number of anilines is 1. The van der Waals surface area contributed by atoms with Gasteiger partial charge < -0.3 is 41.5 Å². The Bertz CT molecular complexity index is 2000. The van der Waals surface area contributed by atoms with Crippen LogP contribution in [-0.4, -0.2) is 184 Å². The van der Waals surface area contributed by atoms with Crippen LogP contribution in [0.5, 0.6) is 0 Å². The summed E-state index contributed by atoms with van der Waals surface area (Å²) in [5.41, 5.74) is 0.710. The molecule has 24 heteroatoms. The maximum atomic E-state index is 13.8. The van der Waals surface area contributed by atoms with Gasteiger partial charge in [0.15, 0.2) is 0 Å². The van der Waals surface area contributed by atoms with Crippen molar-refractivity contribution in [3.05, 3.63) is 36.0 Å². The first-order chi connectivity index (χ1) is 28.9. The zero-order valence-electron chi connectivity index (χ0n) is 33.4. The van der Waals surface area contributed by atoms with Gasteiger partial charge in [-0.15, -0.1) is 0 Å². The summed E-state index contributed by atoms with van der Waals surface area (Å²) in [6, 6.07) is 5.14. The second-order valence-electron chi connectivity index (χ2n) is 14.5. The number of carboxylic acids is 3. The van der Waals surface area contributed by atoms with Crippen molar-refractivity contribution >= 4 is 64.0 Å². The molecule has 2 saturated heterocycles. The summed E-state index contributed by atoms with van der Waals surface area (Å²) in [6.45, 7) is -0.769. The van der Waals surface area contributed by atoms with Crippen LogP contribution in [0.3, 0.4) is 0 Å². The SMILES string of the molecule is N#C[C@@H]1CC(F)(F)CN1C(=O)CNC(=O)c1ccnc2ccc(NC(=O)CCC(=O)NCCNC(=O)CC[C@H](C(=O)O)N3CCN(CC(=O)O)CCN(CC(=O)O)CC3)cc12.[67Cu]. The number of halogens is 2. The molecule has 2 atom stereocenters. The van der Waals surface area contributed by atoms with Gasteiger partial charge in [-0.05, 0) is 30.7 Å². The van der Waals surface area contributed by atoms with E-state index in [2.05, 4.69) is 26.3 Å². The molecule has 3 heterocycles. The molecule has 341 valence electrons. The number of nitrogens with one attached hydrogen (secondary N) is 4. The molecular weight excluding hydrogens is 877 g/mol. The predicted molar refractivity (Wildman–Crippen MR) is 209 cm³/mol. The van der Waals surface area contributed by atoms with Gasteiger partial charge in [-0.25, -0.2) is 8.78 Å². The average molecular weight is 926 g/mol. The summed E-state index contributed by atoms with van der Waals surface area (Å²) in [7, 11) is 0. The van der Waals surface area contributed by atoms with E-state index in [1.165, 1.54) is 30.5 Å². The van der Waals surface area contributed by atoms with Gasteiger partial charge in [0.25, 0.3) is 11.8 Å². The Morgan fingerprint density at radius 3 is 1.98 bits per heavy atom. The Balaban J connectivity index is 0.0000102. The molecular formula is C38H48CuF2N10O11. The third-order valence-electron chi connectivity index (χ3n) is 9.99. The fraction of sp³-hybridized carbons (Fsp3) is 0.526. The summed E-state index contributed by atoms with van der Waals surface area (Å²) >= 11 is 0. The normalized spacial score (nSPS) is 17.5. The largest absolute Gasteiger partial charge is 0.480 e. The molecule has 4 rings (SSSR count). The molecule has 21 nitrogen and oxygen atoms in total. The monoisotopic (exact) mass is 925 g/mol. The number of fused-ring (bicyclic) bond motifs is 1. The van der Waals surface area contributed by atoms with Crippen molar-refractivity contribution in [2.45, 2.75) is 50.1 Å². The predicted octanol–water partition coefficient (Wildman–Crippen LogP) is -1.00. The zero-order valence-corrected chi connectivity index (χ0v) is 34.4. The Hall–Kier alpha value is -5.86. The van der Waals surface area contributed by atoms with E-state index in [0.29, 0.717) is 10.9 Å². The summed E-state index contributed by atoms with van der Waals surface area (Å²) in [5.74, 6) is -9.64. The average Bonchev–Trinajstić information content (AvgIpc) is 3.57. The van der Waals surface area contributed by atoms with Crippen LogP contribution in [0.4, 0.5) is 14.5 Å². The van der Waals surface area contributed by atoms with Crippen molar-refractivity contribution < 1.29 is 79.5 Å². The number of carbonyl (C=O) groups is 8. The second-order valence-corrected chi connectivity index (χ2v) is 14.5. The number of rotatable bonds is 19. The first kappa shape index (κ1) is 50.5. The van der Waals surface area contributed by atoms with Crippen LogP contribution >= 0.6 is 0 Å². The molecule has 0 bridgehead atoms. The molecule has 0 aliphatic carbocycles. The van der Waals surface area contributed by atoms with Crippen molar-refractivity contribution in [3.63, 3.8) is 0 Å². The number of hydrogen-bond donors (Lipinski definition) is 7. The van der Waals surface area contributed by atoms with E-state index in [9.17, 15) is 62.5 Å². The van der Waals surface area contributed by atoms with Crippen LogP contribution in [0.25, 0.3) is 10.9 Å². The molecule has 0 unspecified atom stereocenters. The minimum absolute atomic E-state index is 0. The van der Waals surface area contributed by atoms with E-state index in [4.69, 9.17) is 5.26 Å². The third kappa shape index (κ3) is 15.9. The molecule has 2 aromatic rings. The summed E-state index contributed by atoms with van der Waals surface area (Å²) in [4.78, 5) is 108. The van der Waals surface area contributed by atoms with Crippen LogP contribution in [0.1, 0.15) is 42.5 Å². The van der Waals surface area contributed by atoms with Gasteiger partial charge in [0, 0.05) is 112 Å². The molecule has 0 saturated carbocycles. The van der Waals surface area contributed by atoms with Crippen LogP contribution in [0.15, 0.2) is 30.5 Å². The first-order valence-electron chi connectivity index (χ1n) is 19.4. The minimum Gasteiger partial charge on any atom is -0.480 e. The number of carboxylic acid groups (broad SMARTS) is 3. The van der Waals surface area contributed by atoms with Crippen LogP contribution in [-0.2, 0) is 50.6 Å². The molecule has 7 N–H and O–H groups in total. The summed E-state index contributed by atoms with van der Waals surface area (Å²) in [5, 5.41) is 48.2. The number of nitriles is 1. The van der Waals surface area contributed by atoms with Gasteiger partial charge in [-0.1, -0.05) is 0 Å². The van der Waals surface area contributed by atoms with E-state index in [1.807, 2.05) is 0 Å². The number of aromatic nitrogens is 1. The maximum Gasteiger partial charge on any atom is 0.320 e. The second kappa shape index (κ2) is 24.0. The van der Waals surface area contributed by atoms with Gasteiger partial charge in [-0.3, -0.25) is 58.0 Å². The molecule has 62 heavy (non-hydrogen) atoms. The van der Waals surface area contributed by atoms with Crippen molar-refractivity contribution in [1.82, 2.24) is 40.5 Å². The van der Waals surface area contributed by atoms with Crippen LogP contribution in [0.2, 0.25) is 0 Å². The summed E-state index contributed by atoms with van der Waals surface area (Å²) in [6.07, 6.45) is -0.144. The number of benzene rings is 1. The van der Waals surface area contributed by atoms with Crippen LogP contribution in [0, 0.1) is 11.3 Å². The van der Waals surface area contributed by atoms with Gasteiger partial charge in [0.05, 0.1) is 43.3 Å². The maximum absolute atomic E-state index is 13.8. The molecule has 2 fully saturated rings. The number of hydrogen-bond acceptors (Lipinski definition) is 13. The molecule has 1 aromatic heterocycles. The number of amides is 5. The molecule has 5 amide bonds. The molecule has 1 radical (unpaired) electrons. The number of carbonyl (C=O) groups excluding carboxylic acids is 5. The Labute approximate surface area is 364 Å².